The third-order valence-corrected chi connectivity index (χ3v) is 5.16. The molecule has 0 saturated carbocycles. The summed E-state index contributed by atoms with van der Waals surface area (Å²) in [5.41, 5.74) is -2.43. The van der Waals surface area contributed by atoms with Gasteiger partial charge in [-0.1, -0.05) is 28.1 Å². The average Bonchev–Trinajstić information content (AvgIpc) is 3.10. The van der Waals surface area contributed by atoms with Crippen molar-refractivity contribution in [2.75, 3.05) is 13.7 Å². The van der Waals surface area contributed by atoms with Crippen molar-refractivity contribution in [3.8, 4) is 0 Å². The number of methoxy groups -OCH3 is 1. The van der Waals surface area contributed by atoms with E-state index in [2.05, 4.69) is 21.2 Å². The molecule has 3 rings (SSSR count). The predicted octanol–water partition coefficient (Wildman–Crippen LogP) is 1.85. The lowest BCUT2D eigenvalue weighted by atomic mass is 9.85. The summed E-state index contributed by atoms with van der Waals surface area (Å²) < 4.78 is 16.3. The maximum atomic E-state index is 13.3. The monoisotopic (exact) mass is 456 g/mol. The minimum Gasteiger partial charge on any atom is -0.466 e. The molecule has 0 bridgehead atoms. The van der Waals surface area contributed by atoms with E-state index in [1.807, 2.05) is 0 Å². The fourth-order valence-electron chi connectivity index (χ4n) is 3.20. The first kappa shape index (κ1) is 19.6. The zero-order valence-corrected chi connectivity index (χ0v) is 17.2. The highest BCUT2D eigenvalue weighted by atomic mass is 79.9. The van der Waals surface area contributed by atoms with Gasteiger partial charge in [-0.25, -0.2) is 14.5 Å². The van der Waals surface area contributed by atoms with Crippen molar-refractivity contribution >= 4 is 51.3 Å². The van der Waals surface area contributed by atoms with Gasteiger partial charge in [0.2, 0.25) is 0 Å². The van der Waals surface area contributed by atoms with Crippen molar-refractivity contribution in [1.29, 1.82) is 0 Å². The number of esters is 1. The fraction of sp³-hybridized carbons (Fsp3) is 0.412. The van der Waals surface area contributed by atoms with Crippen molar-refractivity contribution < 1.29 is 28.6 Å². The summed E-state index contributed by atoms with van der Waals surface area (Å²) in [6, 6.07) is 5.37. The SMILES string of the molecule is COC(=O)[C@]1(c2cccc(Br)c2)OC(=S)N[C@@H]1C(=O)N1C(=O)OCC1(C)C. The van der Waals surface area contributed by atoms with Crippen LogP contribution in [0.15, 0.2) is 28.7 Å². The number of rotatable bonds is 3. The quantitative estimate of drug-likeness (QED) is 0.543. The summed E-state index contributed by atoms with van der Waals surface area (Å²) >= 11 is 8.43. The second-order valence-corrected chi connectivity index (χ2v) is 8.03. The van der Waals surface area contributed by atoms with Crippen LogP contribution in [-0.4, -0.2) is 53.3 Å². The molecule has 144 valence electrons. The third-order valence-electron chi connectivity index (χ3n) is 4.47. The highest BCUT2D eigenvalue weighted by molar-refractivity contribution is 9.10. The van der Waals surface area contributed by atoms with Crippen molar-refractivity contribution in [2.24, 2.45) is 0 Å². The number of ether oxygens (including phenoxy) is 3. The van der Waals surface area contributed by atoms with E-state index in [9.17, 15) is 14.4 Å². The Kier molecular flexibility index (Phi) is 4.89. The van der Waals surface area contributed by atoms with Crippen molar-refractivity contribution in [2.45, 2.75) is 31.0 Å². The largest absolute Gasteiger partial charge is 0.466 e. The Labute approximate surface area is 169 Å². The maximum Gasteiger partial charge on any atom is 0.417 e. The molecule has 2 saturated heterocycles. The number of nitrogens with zero attached hydrogens (tertiary/aromatic N) is 1. The van der Waals surface area contributed by atoms with Gasteiger partial charge in [0.25, 0.3) is 16.7 Å². The number of hydrogen-bond acceptors (Lipinski definition) is 7. The average molecular weight is 457 g/mol. The molecule has 27 heavy (non-hydrogen) atoms. The molecular weight excluding hydrogens is 440 g/mol. The molecule has 1 N–H and O–H groups in total. The third kappa shape index (κ3) is 3.06. The van der Waals surface area contributed by atoms with Crippen LogP contribution < -0.4 is 5.32 Å². The zero-order chi connectivity index (χ0) is 20.0. The summed E-state index contributed by atoms with van der Waals surface area (Å²) in [5, 5.41) is 2.56. The molecule has 0 unspecified atom stereocenters. The Morgan fingerprint density at radius 3 is 2.67 bits per heavy atom. The Morgan fingerprint density at radius 1 is 1.41 bits per heavy atom. The van der Waals surface area contributed by atoms with E-state index < -0.39 is 35.2 Å². The molecule has 1 aromatic carbocycles. The number of carbonyl (C=O) groups is 3. The van der Waals surface area contributed by atoms with Gasteiger partial charge >= 0.3 is 12.1 Å². The molecule has 2 aliphatic heterocycles. The van der Waals surface area contributed by atoms with Crippen LogP contribution in [0.2, 0.25) is 0 Å². The number of cyclic esters (lactones) is 1. The van der Waals surface area contributed by atoms with Crippen molar-refractivity contribution in [1.82, 2.24) is 10.2 Å². The molecule has 2 fully saturated rings. The Hall–Kier alpha value is -2.20. The van der Waals surface area contributed by atoms with Gasteiger partial charge in [-0.15, -0.1) is 0 Å². The first-order chi connectivity index (χ1) is 12.6. The van der Waals surface area contributed by atoms with E-state index in [4.69, 9.17) is 26.4 Å². The van der Waals surface area contributed by atoms with E-state index in [0.717, 1.165) is 4.90 Å². The molecule has 2 amide bonds. The van der Waals surface area contributed by atoms with Crippen LogP contribution in [0.3, 0.4) is 0 Å². The number of thiocarbonyl (C=S) groups is 1. The summed E-state index contributed by atoms with van der Waals surface area (Å²) in [7, 11) is 1.18. The number of carbonyl (C=O) groups excluding carboxylic acids is 3. The highest BCUT2D eigenvalue weighted by Crippen LogP contribution is 2.39. The lowest BCUT2D eigenvalue weighted by Crippen LogP contribution is -2.60. The van der Waals surface area contributed by atoms with Gasteiger partial charge in [0.05, 0.1) is 12.6 Å². The first-order valence-electron chi connectivity index (χ1n) is 7.98. The zero-order valence-electron chi connectivity index (χ0n) is 14.8. The summed E-state index contributed by atoms with van der Waals surface area (Å²) in [6.07, 6.45) is -0.794. The van der Waals surface area contributed by atoms with Gasteiger partial charge < -0.3 is 19.5 Å². The second-order valence-electron chi connectivity index (χ2n) is 6.75. The molecule has 2 aliphatic rings. The second kappa shape index (κ2) is 6.75. The van der Waals surface area contributed by atoms with Crippen LogP contribution >= 0.6 is 28.1 Å². The standard InChI is InChI=1S/C17H17BrN2O6S/c1-16(2)8-25-15(23)20(16)12(21)11-17(13(22)24-3,26-14(27)19-11)9-5-4-6-10(18)7-9/h4-7,11H,8H2,1-3H3,(H,19,27)/t11-,17-/m1/s1. The smallest absolute Gasteiger partial charge is 0.417 e. The lowest BCUT2D eigenvalue weighted by Gasteiger charge is -2.34. The number of nitrogens with one attached hydrogen (secondary N) is 1. The van der Waals surface area contributed by atoms with Gasteiger partial charge in [0, 0.05) is 10.0 Å². The van der Waals surface area contributed by atoms with Crippen LogP contribution in [0, 0.1) is 0 Å². The van der Waals surface area contributed by atoms with Crippen molar-refractivity contribution in [3.05, 3.63) is 34.3 Å². The highest BCUT2D eigenvalue weighted by Gasteiger charge is 2.62. The first-order valence-corrected chi connectivity index (χ1v) is 9.18. The number of benzene rings is 1. The number of imide groups is 1. The van der Waals surface area contributed by atoms with Gasteiger partial charge in [-0.3, -0.25) is 4.79 Å². The number of halogens is 1. The molecule has 0 spiro atoms. The molecular formula is C17H17BrN2O6S. The summed E-state index contributed by atoms with van der Waals surface area (Å²) in [4.78, 5) is 39.3. The summed E-state index contributed by atoms with van der Waals surface area (Å²) in [5.74, 6) is -1.52. The van der Waals surface area contributed by atoms with Gasteiger partial charge in [0.15, 0.2) is 6.04 Å². The molecule has 0 radical (unpaired) electrons. The Balaban J connectivity index is 2.14. The molecule has 0 aliphatic carbocycles. The molecule has 0 aromatic heterocycles. The van der Waals surface area contributed by atoms with Crippen LogP contribution in [0.25, 0.3) is 0 Å². The van der Waals surface area contributed by atoms with Crippen LogP contribution in [0.4, 0.5) is 4.79 Å². The normalized spacial score (nSPS) is 26.2. The van der Waals surface area contributed by atoms with Gasteiger partial charge in [-0.05, 0) is 38.2 Å². The molecule has 2 heterocycles. The Morgan fingerprint density at radius 2 is 2.11 bits per heavy atom. The molecule has 1 aromatic rings. The van der Waals surface area contributed by atoms with Gasteiger partial charge in [-0.2, -0.15) is 0 Å². The van der Waals surface area contributed by atoms with E-state index in [1.165, 1.54) is 7.11 Å². The minimum atomic E-state index is -1.88. The molecule has 2 atom stereocenters. The predicted molar refractivity (Wildman–Crippen MR) is 101 cm³/mol. The lowest BCUT2D eigenvalue weighted by molar-refractivity contribution is -0.165. The van der Waals surface area contributed by atoms with E-state index in [-0.39, 0.29) is 11.8 Å². The Bertz CT molecular complexity index is 844. The van der Waals surface area contributed by atoms with Crippen LogP contribution in [0.5, 0.6) is 0 Å². The van der Waals surface area contributed by atoms with E-state index >= 15 is 0 Å². The van der Waals surface area contributed by atoms with Crippen LogP contribution in [0.1, 0.15) is 19.4 Å². The van der Waals surface area contributed by atoms with Gasteiger partial charge in [0.1, 0.15) is 6.61 Å². The van der Waals surface area contributed by atoms with Crippen LogP contribution in [-0.2, 0) is 29.4 Å². The van der Waals surface area contributed by atoms with E-state index in [1.54, 1.807) is 38.1 Å². The maximum absolute atomic E-state index is 13.3. The summed E-state index contributed by atoms with van der Waals surface area (Å²) in [6.45, 7) is 3.41. The number of hydrogen-bond donors (Lipinski definition) is 1. The number of amides is 2. The minimum absolute atomic E-state index is 0.0394. The van der Waals surface area contributed by atoms with E-state index in [0.29, 0.717) is 10.0 Å². The molecule has 10 heteroatoms. The molecule has 8 nitrogen and oxygen atoms in total. The topological polar surface area (TPSA) is 94.2 Å². The fourth-order valence-corrected chi connectivity index (χ4v) is 3.84. The van der Waals surface area contributed by atoms with Crippen molar-refractivity contribution in [3.63, 3.8) is 0 Å².